The summed E-state index contributed by atoms with van der Waals surface area (Å²) in [6, 6.07) is 8.71. The van der Waals surface area contributed by atoms with Crippen molar-refractivity contribution in [1.82, 2.24) is 0 Å². The highest BCUT2D eigenvalue weighted by Gasteiger charge is 2.14. The predicted molar refractivity (Wildman–Crippen MR) is 115 cm³/mol. The molecule has 28 heavy (non-hydrogen) atoms. The zero-order chi connectivity index (χ0) is 20.8. The highest BCUT2D eigenvalue weighted by atomic mass is 79.9. The number of carboxylic acid groups (broad SMARTS) is 1. The quantitative estimate of drug-likeness (QED) is 0.331. The minimum Gasteiger partial charge on any atom is -0.508 e. The molecule has 2 atom stereocenters. The van der Waals surface area contributed by atoms with Crippen LogP contribution in [0.1, 0.15) is 44.2 Å². The summed E-state index contributed by atoms with van der Waals surface area (Å²) in [5.41, 5.74) is 1.52. The van der Waals surface area contributed by atoms with Crippen LogP contribution in [0.3, 0.4) is 0 Å². The van der Waals surface area contributed by atoms with E-state index in [4.69, 9.17) is 14.7 Å². The number of ether oxygens (including phenoxy) is 1. The molecule has 0 fully saturated rings. The Morgan fingerprint density at radius 1 is 1.21 bits per heavy atom. The zero-order valence-corrected chi connectivity index (χ0v) is 18.8. The molecule has 2 aromatic rings. The van der Waals surface area contributed by atoms with Gasteiger partial charge in [0.2, 0.25) is 6.10 Å². The number of phenolic OH excluding ortho intramolecular Hbond substituents is 1. The van der Waals surface area contributed by atoms with Crippen molar-refractivity contribution in [1.29, 1.82) is 0 Å². The third kappa shape index (κ3) is 5.72. The molecular formula is C20H21Br2NO5. The van der Waals surface area contributed by atoms with E-state index in [0.29, 0.717) is 26.0 Å². The molecule has 0 radical (unpaired) electrons. The van der Waals surface area contributed by atoms with E-state index < -0.39 is 12.1 Å². The Balaban J connectivity index is 2.22. The second-order valence-corrected chi connectivity index (χ2v) is 7.97. The van der Waals surface area contributed by atoms with Gasteiger partial charge < -0.3 is 19.8 Å². The van der Waals surface area contributed by atoms with Gasteiger partial charge in [0.1, 0.15) is 11.5 Å². The number of aromatic hydroxyl groups is 1. The van der Waals surface area contributed by atoms with Crippen molar-refractivity contribution in [3.8, 4) is 17.2 Å². The number of carbonyl (C=O) groups is 1. The third-order valence-electron chi connectivity index (χ3n) is 4.15. The first-order chi connectivity index (χ1) is 13.2. The monoisotopic (exact) mass is 513 g/mol. The van der Waals surface area contributed by atoms with Gasteiger partial charge in [0, 0.05) is 5.56 Å². The maximum Gasteiger partial charge on any atom is 0.347 e. The summed E-state index contributed by atoms with van der Waals surface area (Å²) >= 11 is 6.95. The summed E-state index contributed by atoms with van der Waals surface area (Å²) in [5, 5.41) is 22.5. The molecule has 0 amide bonds. The van der Waals surface area contributed by atoms with E-state index in [1.54, 1.807) is 24.3 Å². The van der Waals surface area contributed by atoms with Crippen LogP contribution in [-0.4, -0.2) is 28.5 Å². The van der Waals surface area contributed by atoms with Crippen LogP contribution >= 0.6 is 31.9 Å². The van der Waals surface area contributed by atoms with Gasteiger partial charge in [0.25, 0.3) is 0 Å². The first-order valence-corrected chi connectivity index (χ1v) is 10.2. The molecule has 0 saturated carbocycles. The zero-order valence-electron chi connectivity index (χ0n) is 15.6. The van der Waals surface area contributed by atoms with Crippen LogP contribution in [0.15, 0.2) is 44.4 Å². The Bertz CT molecular complexity index is 862. The highest BCUT2D eigenvalue weighted by molar-refractivity contribution is 9.11. The van der Waals surface area contributed by atoms with Crippen molar-refractivity contribution in [3.05, 3.63) is 50.4 Å². The molecule has 0 aromatic heterocycles. The molecule has 2 N–H and O–H groups in total. The van der Waals surface area contributed by atoms with Gasteiger partial charge in [-0.1, -0.05) is 19.0 Å². The van der Waals surface area contributed by atoms with Crippen LogP contribution < -0.4 is 4.74 Å². The molecule has 0 spiro atoms. The summed E-state index contributed by atoms with van der Waals surface area (Å²) in [5.74, 6) is 0.547. The van der Waals surface area contributed by atoms with E-state index in [2.05, 4.69) is 43.9 Å². The average molecular weight is 515 g/mol. The number of aliphatic carboxylic acids is 1. The second-order valence-electron chi connectivity index (χ2n) is 6.27. The van der Waals surface area contributed by atoms with E-state index >= 15 is 0 Å². The van der Waals surface area contributed by atoms with Crippen LogP contribution in [0.2, 0.25) is 0 Å². The second kappa shape index (κ2) is 9.93. The van der Waals surface area contributed by atoms with Gasteiger partial charge in [0.15, 0.2) is 5.75 Å². The topological polar surface area (TPSA) is 88.4 Å². The number of rotatable bonds is 8. The van der Waals surface area contributed by atoms with Crippen molar-refractivity contribution in [2.24, 2.45) is 5.16 Å². The lowest BCUT2D eigenvalue weighted by Gasteiger charge is -2.15. The Labute approximate surface area is 180 Å². The van der Waals surface area contributed by atoms with E-state index in [9.17, 15) is 9.90 Å². The molecule has 2 rings (SSSR count). The smallest absolute Gasteiger partial charge is 0.347 e. The molecule has 0 aliphatic heterocycles. The standard InChI is InChI=1S/C20H21Br2NO5/c1-4-11(2)15-9-14(5-6-18(15)24)27-19-16(21)7-13(8-17(19)22)10-23-28-12(3)20(25)26/h5-12,24H,4H2,1-3H3,(H,25,26). The van der Waals surface area contributed by atoms with E-state index in [0.717, 1.165) is 12.0 Å². The molecular weight excluding hydrogens is 494 g/mol. The lowest BCUT2D eigenvalue weighted by Crippen LogP contribution is -2.17. The molecule has 6 nitrogen and oxygen atoms in total. The Hall–Kier alpha value is -2.06. The number of oxime groups is 1. The van der Waals surface area contributed by atoms with Crippen molar-refractivity contribution in [3.63, 3.8) is 0 Å². The number of benzene rings is 2. The van der Waals surface area contributed by atoms with Gasteiger partial charge in [-0.05, 0) is 87.0 Å². The van der Waals surface area contributed by atoms with Crippen molar-refractivity contribution < 1.29 is 24.6 Å². The lowest BCUT2D eigenvalue weighted by molar-refractivity contribution is -0.149. The third-order valence-corrected chi connectivity index (χ3v) is 5.33. The summed E-state index contributed by atoms with van der Waals surface area (Å²) in [6.45, 7) is 5.51. The molecule has 0 aliphatic rings. The fourth-order valence-corrected chi connectivity index (χ4v) is 3.69. The number of hydrogen-bond donors (Lipinski definition) is 2. The summed E-state index contributed by atoms with van der Waals surface area (Å²) in [6.07, 6.45) is 1.29. The minimum absolute atomic E-state index is 0.210. The number of carboxylic acids is 1. The molecule has 2 unspecified atom stereocenters. The van der Waals surface area contributed by atoms with Crippen LogP contribution in [0.4, 0.5) is 0 Å². The fraction of sp³-hybridized carbons (Fsp3) is 0.300. The number of hydrogen-bond acceptors (Lipinski definition) is 5. The predicted octanol–water partition coefficient (Wildman–Crippen LogP) is 6.05. The van der Waals surface area contributed by atoms with E-state index in [1.165, 1.54) is 13.1 Å². The first kappa shape index (κ1) is 22.2. The molecule has 0 heterocycles. The molecule has 0 bridgehead atoms. The van der Waals surface area contributed by atoms with Crippen molar-refractivity contribution in [2.75, 3.05) is 0 Å². The van der Waals surface area contributed by atoms with Gasteiger partial charge in [-0.2, -0.15) is 0 Å². The van der Waals surface area contributed by atoms with E-state index in [-0.39, 0.29) is 11.7 Å². The van der Waals surface area contributed by atoms with Crippen molar-refractivity contribution >= 4 is 44.0 Å². The van der Waals surface area contributed by atoms with Crippen LogP contribution in [0.25, 0.3) is 0 Å². The highest BCUT2D eigenvalue weighted by Crippen LogP contribution is 2.39. The Kier molecular flexibility index (Phi) is 7.88. The van der Waals surface area contributed by atoms with Crippen LogP contribution in [-0.2, 0) is 9.63 Å². The SMILES string of the molecule is CCC(C)c1cc(Oc2c(Br)cc(C=NOC(C)C(=O)O)cc2Br)ccc1O. The fourth-order valence-electron chi connectivity index (χ4n) is 2.31. The Morgan fingerprint density at radius 3 is 2.43 bits per heavy atom. The molecule has 150 valence electrons. The largest absolute Gasteiger partial charge is 0.508 e. The average Bonchev–Trinajstić information content (AvgIpc) is 2.65. The normalized spacial score (nSPS) is 13.3. The lowest BCUT2D eigenvalue weighted by atomic mass is 9.97. The number of phenols is 1. The Morgan fingerprint density at radius 2 is 1.86 bits per heavy atom. The molecule has 8 heteroatoms. The van der Waals surface area contributed by atoms with E-state index in [1.807, 2.05) is 13.0 Å². The first-order valence-electron chi connectivity index (χ1n) is 8.64. The molecule has 0 aliphatic carbocycles. The number of nitrogens with zero attached hydrogens (tertiary/aromatic N) is 1. The van der Waals surface area contributed by atoms with Gasteiger partial charge in [0.05, 0.1) is 15.2 Å². The number of halogens is 2. The summed E-state index contributed by atoms with van der Waals surface area (Å²) in [4.78, 5) is 15.6. The maximum atomic E-state index is 10.7. The minimum atomic E-state index is -1.09. The van der Waals surface area contributed by atoms with Gasteiger partial charge in [-0.25, -0.2) is 4.79 Å². The summed E-state index contributed by atoms with van der Waals surface area (Å²) in [7, 11) is 0. The maximum absolute atomic E-state index is 10.7. The van der Waals surface area contributed by atoms with Crippen molar-refractivity contribution in [2.45, 2.75) is 39.2 Å². The molecule has 0 saturated heterocycles. The van der Waals surface area contributed by atoms with Gasteiger partial charge >= 0.3 is 5.97 Å². The summed E-state index contributed by atoms with van der Waals surface area (Å²) < 4.78 is 7.35. The van der Waals surface area contributed by atoms with Crippen LogP contribution in [0, 0.1) is 0 Å². The van der Waals surface area contributed by atoms with Crippen LogP contribution in [0.5, 0.6) is 17.2 Å². The molecule has 2 aromatic carbocycles. The van der Waals surface area contributed by atoms with Gasteiger partial charge in [-0.15, -0.1) is 0 Å². The van der Waals surface area contributed by atoms with Gasteiger partial charge in [-0.3, -0.25) is 0 Å².